The van der Waals surface area contributed by atoms with E-state index in [-0.39, 0.29) is 18.6 Å². The summed E-state index contributed by atoms with van der Waals surface area (Å²) in [5.41, 5.74) is 0.385. The van der Waals surface area contributed by atoms with Gasteiger partial charge in [0.05, 0.1) is 6.04 Å². The van der Waals surface area contributed by atoms with Crippen molar-refractivity contribution in [2.75, 3.05) is 0 Å². The maximum absolute atomic E-state index is 12.2. The summed E-state index contributed by atoms with van der Waals surface area (Å²) in [5.74, 6) is 0. The van der Waals surface area contributed by atoms with Crippen molar-refractivity contribution in [1.29, 1.82) is 0 Å². The molecule has 0 aliphatic carbocycles. The zero-order valence-corrected chi connectivity index (χ0v) is 12.6. The van der Waals surface area contributed by atoms with E-state index in [2.05, 4.69) is 0 Å². The Labute approximate surface area is 124 Å². The van der Waals surface area contributed by atoms with E-state index in [4.69, 9.17) is 9.57 Å². The van der Waals surface area contributed by atoms with Gasteiger partial charge < -0.3 is 9.53 Å². The average Bonchev–Trinajstić information content (AvgIpc) is 2.82. The minimum absolute atomic E-state index is 0.233. The van der Waals surface area contributed by atoms with Crippen molar-refractivity contribution < 1.29 is 19.2 Å². The van der Waals surface area contributed by atoms with Crippen LogP contribution < -0.4 is 0 Å². The second-order valence-electron chi connectivity index (χ2n) is 6.10. The number of carbonyl (C=O) groups is 2. The highest BCUT2D eigenvalue weighted by molar-refractivity contribution is 5.68. The molecule has 0 N–H and O–H groups in total. The molecule has 0 bridgehead atoms. The zero-order chi connectivity index (χ0) is 15.5. The lowest BCUT2D eigenvalue weighted by Crippen LogP contribution is -2.39. The zero-order valence-electron chi connectivity index (χ0n) is 12.6. The molecule has 1 amide bonds. The van der Waals surface area contributed by atoms with Gasteiger partial charge in [0.2, 0.25) is 0 Å². The molecular weight excluding hydrogens is 270 g/mol. The second kappa shape index (κ2) is 6.26. The van der Waals surface area contributed by atoms with Gasteiger partial charge in [0, 0.05) is 12.8 Å². The van der Waals surface area contributed by atoms with Crippen molar-refractivity contribution in [3.8, 4) is 0 Å². The molecule has 2 rings (SSSR count). The van der Waals surface area contributed by atoms with Crippen LogP contribution in [0.15, 0.2) is 30.3 Å². The first-order valence-corrected chi connectivity index (χ1v) is 7.08. The Morgan fingerprint density at radius 3 is 2.62 bits per heavy atom. The number of aldehydes is 1. The number of hydroxylamine groups is 2. The van der Waals surface area contributed by atoms with Crippen molar-refractivity contribution in [3.63, 3.8) is 0 Å². The van der Waals surface area contributed by atoms with Gasteiger partial charge in [-0.1, -0.05) is 30.3 Å². The third-order valence-corrected chi connectivity index (χ3v) is 3.17. The van der Waals surface area contributed by atoms with Crippen LogP contribution in [-0.4, -0.2) is 29.1 Å². The number of benzene rings is 1. The number of hydrogen-bond donors (Lipinski definition) is 0. The monoisotopic (exact) mass is 291 g/mol. The van der Waals surface area contributed by atoms with E-state index in [0.717, 1.165) is 11.8 Å². The van der Waals surface area contributed by atoms with Gasteiger partial charge in [0.1, 0.15) is 18.0 Å². The van der Waals surface area contributed by atoms with Crippen LogP contribution in [0.3, 0.4) is 0 Å². The molecule has 0 radical (unpaired) electrons. The predicted molar refractivity (Wildman–Crippen MR) is 77.4 cm³/mol. The number of hydrogen-bond acceptors (Lipinski definition) is 4. The first-order chi connectivity index (χ1) is 9.90. The highest BCUT2D eigenvalue weighted by Gasteiger charge is 2.39. The SMILES string of the molecule is CC(C)(C)OC(=O)N1O[C@@H](c2ccccc2)C[C@H]1CC=O. The summed E-state index contributed by atoms with van der Waals surface area (Å²) in [4.78, 5) is 28.7. The first kappa shape index (κ1) is 15.5. The summed E-state index contributed by atoms with van der Waals surface area (Å²) in [6.07, 6.45) is 0.847. The highest BCUT2D eigenvalue weighted by atomic mass is 16.7. The van der Waals surface area contributed by atoms with E-state index in [0.29, 0.717) is 6.42 Å². The summed E-state index contributed by atoms with van der Waals surface area (Å²) >= 11 is 0. The molecule has 1 aromatic rings. The van der Waals surface area contributed by atoms with E-state index in [1.54, 1.807) is 20.8 Å². The third kappa shape index (κ3) is 4.04. The number of rotatable bonds is 3. The van der Waals surface area contributed by atoms with Gasteiger partial charge in [-0.3, -0.25) is 4.84 Å². The summed E-state index contributed by atoms with van der Waals surface area (Å²) in [7, 11) is 0. The van der Waals surface area contributed by atoms with Gasteiger partial charge in [-0.25, -0.2) is 4.79 Å². The van der Waals surface area contributed by atoms with Gasteiger partial charge >= 0.3 is 6.09 Å². The molecule has 1 aliphatic rings. The summed E-state index contributed by atoms with van der Waals surface area (Å²) in [5, 5.41) is 1.21. The van der Waals surface area contributed by atoms with Crippen LogP contribution >= 0.6 is 0 Å². The van der Waals surface area contributed by atoms with Crippen molar-refractivity contribution in [2.24, 2.45) is 0 Å². The molecule has 21 heavy (non-hydrogen) atoms. The Balaban J connectivity index is 2.12. The standard InChI is InChI=1S/C16H21NO4/c1-16(2,3)20-15(19)17-13(9-10-18)11-14(21-17)12-7-5-4-6-8-12/h4-8,10,13-14H,9,11H2,1-3H3/t13-,14-/m1/s1. The molecule has 1 aromatic carbocycles. The fourth-order valence-electron chi connectivity index (χ4n) is 2.28. The van der Waals surface area contributed by atoms with Gasteiger partial charge in [-0.15, -0.1) is 0 Å². The molecule has 1 fully saturated rings. The molecule has 5 nitrogen and oxygen atoms in total. The van der Waals surface area contributed by atoms with Gasteiger partial charge in [0.15, 0.2) is 0 Å². The Morgan fingerprint density at radius 2 is 2.05 bits per heavy atom. The van der Waals surface area contributed by atoms with Crippen LogP contribution in [-0.2, 0) is 14.4 Å². The van der Waals surface area contributed by atoms with Crippen LogP contribution in [0.25, 0.3) is 0 Å². The maximum Gasteiger partial charge on any atom is 0.434 e. The molecule has 0 aromatic heterocycles. The predicted octanol–water partition coefficient (Wildman–Crippen LogP) is 3.26. The average molecular weight is 291 g/mol. The van der Waals surface area contributed by atoms with Crippen molar-refractivity contribution in [1.82, 2.24) is 5.06 Å². The molecule has 0 saturated carbocycles. The first-order valence-electron chi connectivity index (χ1n) is 7.08. The number of amides is 1. The normalized spacial score (nSPS) is 22.1. The highest BCUT2D eigenvalue weighted by Crippen LogP contribution is 2.35. The van der Waals surface area contributed by atoms with Crippen LogP contribution in [0, 0.1) is 0 Å². The van der Waals surface area contributed by atoms with Crippen LogP contribution in [0.4, 0.5) is 4.79 Å². The van der Waals surface area contributed by atoms with E-state index in [1.165, 1.54) is 5.06 Å². The van der Waals surface area contributed by atoms with E-state index >= 15 is 0 Å². The molecule has 1 saturated heterocycles. The molecule has 0 unspecified atom stereocenters. The summed E-state index contributed by atoms with van der Waals surface area (Å²) in [6.45, 7) is 5.39. The van der Waals surface area contributed by atoms with Crippen LogP contribution in [0.1, 0.15) is 45.3 Å². The van der Waals surface area contributed by atoms with Crippen LogP contribution in [0.2, 0.25) is 0 Å². The largest absolute Gasteiger partial charge is 0.442 e. The number of ether oxygens (including phenoxy) is 1. The smallest absolute Gasteiger partial charge is 0.434 e. The Hall–Kier alpha value is -1.88. The lowest BCUT2D eigenvalue weighted by Gasteiger charge is -2.26. The molecule has 0 spiro atoms. The Morgan fingerprint density at radius 1 is 1.38 bits per heavy atom. The van der Waals surface area contributed by atoms with Crippen molar-refractivity contribution in [3.05, 3.63) is 35.9 Å². The fraction of sp³-hybridized carbons (Fsp3) is 0.500. The lowest BCUT2D eigenvalue weighted by atomic mass is 10.0. The quantitative estimate of drug-likeness (QED) is 0.802. The Bertz CT molecular complexity index is 495. The lowest BCUT2D eigenvalue weighted by molar-refractivity contribution is -0.153. The van der Waals surface area contributed by atoms with E-state index in [9.17, 15) is 9.59 Å². The fourth-order valence-corrected chi connectivity index (χ4v) is 2.28. The summed E-state index contributed by atoms with van der Waals surface area (Å²) in [6, 6.07) is 9.37. The molecule has 1 aliphatic heterocycles. The van der Waals surface area contributed by atoms with Gasteiger partial charge in [0.25, 0.3) is 0 Å². The molecule has 114 valence electrons. The second-order valence-corrected chi connectivity index (χ2v) is 6.10. The van der Waals surface area contributed by atoms with E-state index in [1.807, 2.05) is 30.3 Å². The topological polar surface area (TPSA) is 55.8 Å². The molecule has 1 heterocycles. The van der Waals surface area contributed by atoms with E-state index < -0.39 is 11.7 Å². The minimum Gasteiger partial charge on any atom is -0.442 e. The third-order valence-electron chi connectivity index (χ3n) is 3.17. The number of carbonyl (C=O) groups excluding carboxylic acids is 2. The van der Waals surface area contributed by atoms with Crippen molar-refractivity contribution in [2.45, 2.75) is 51.4 Å². The number of nitrogens with zero attached hydrogens (tertiary/aromatic N) is 1. The summed E-state index contributed by atoms with van der Waals surface area (Å²) < 4.78 is 5.33. The maximum atomic E-state index is 12.2. The molecular formula is C16H21NO4. The van der Waals surface area contributed by atoms with Gasteiger partial charge in [-0.2, -0.15) is 5.06 Å². The minimum atomic E-state index is -0.600. The molecule has 2 atom stereocenters. The van der Waals surface area contributed by atoms with Crippen molar-refractivity contribution >= 4 is 12.4 Å². The Kier molecular flexibility index (Phi) is 4.63. The van der Waals surface area contributed by atoms with Gasteiger partial charge in [-0.05, 0) is 26.3 Å². The van der Waals surface area contributed by atoms with Crippen LogP contribution in [0.5, 0.6) is 0 Å². The molecule has 5 heteroatoms.